The average molecular weight is 334 g/mol. The van der Waals surface area contributed by atoms with Crippen LogP contribution in [0.4, 0.5) is 13.2 Å². The summed E-state index contributed by atoms with van der Waals surface area (Å²) < 4.78 is 38.0. The molecule has 0 saturated carbocycles. The monoisotopic (exact) mass is 334 g/mol. The lowest BCUT2D eigenvalue weighted by Gasteiger charge is -2.18. The normalized spacial score (nSPS) is 18.0. The van der Waals surface area contributed by atoms with Crippen molar-refractivity contribution in [1.29, 1.82) is 0 Å². The Labute approximate surface area is 138 Å². The number of likely N-dealkylation sites (tertiary alicyclic amines) is 1. The summed E-state index contributed by atoms with van der Waals surface area (Å²) in [5.74, 6) is 0.00465. The van der Waals surface area contributed by atoms with E-state index in [1.165, 1.54) is 18.6 Å². The van der Waals surface area contributed by atoms with Gasteiger partial charge in [-0.2, -0.15) is 13.2 Å². The van der Waals surface area contributed by atoms with Crippen molar-refractivity contribution in [2.24, 2.45) is 0 Å². The fourth-order valence-electron chi connectivity index (χ4n) is 3.06. The summed E-state index contributed by atoms with van der Waals surface area (Å²) in [6, 6.07) is 12.0. The van der Waals surface area contributed by atoms with Gasteiger partial charge in [-0.15, -0.1) is 0 Å². The van der Waals surface area contributed by atoms with Gasteiger partial charge < -0.3 is 4.90 Å². The predicted octanol–water partition coefficient (Wildman–Crippen LogP) is 4.04. The molecule has 3 nitrogen and oxygen atoms in total. The molecule has 1 aliphatic rings. The van der Waals surface area contributed by atoms with Crippen molar-refractivity contribution in [2.45, 2.75) is 25.4 Å². The molecule has 1 atom stereocenters. The first-order chi connectivity index (χ1) is 11.4. The van der Waals surface area contributed by atoms with E-state index in [0.717, 1.165) is 12.5 Å². The molecule has 3 rings (SSSR count). The summed E-state index contributed by atoms with van der Waals surface area (Å²) in [7, 11) is 0. The van der Waals surface area contributed by atoms with Crippen molar-refractivity contribution in [2.75, 3.05) is 13.1 Å². The molecule has 1 amide bonds. The second-order valence-electron chi connectivity index (χ2n) is 5.97. The Morgan fingerprint density at radius 2 is 1.88 bits per heavy atom. The van der Waals surface area contributed by atoms with E-state index in [4.69, 9.17) is 0 Å². The Hall–Kier alpha value is -2.37. The lowest BCUT2D eigenvalue weighted by Crippen LogP contribution is -2.29. The minimum atomic E-state index is -4.50. The minimum absolute atomic E-state index is 0.109. The largest absolute Gasteiger partial charge is 0.433 e. The van der Waals surface area contributed by atoms with Crippen molar-refractivity contribution in [3.8, 4) is 0 Å². The summed E-state index contributed by atoms with van der Waals surface area (Å²) >= 11 is 0. The smallest absolute Gasteiger partial charge is 0.338 e. The Morgan fingerprint density at radius 3 is 2.50 bits per heavy atom. The van der Waals surface area contributed by atoms with Gasteiger partial charge in [0.1, 0.15) is 5.69 Å². The molecule has 0 bridgehead atoms. The Balaban J connectivity index is 1.76. The van der Waals surface area contributed by atoms with Gasteiger partial charge in [0.15, 0.2) is 0 Å². The number of pyridine rings is 1. The van der Waals surface area contributed by atoms with Gasteiger partial charge in [0.25, 0.3) is 5.91 Å². The molecule has 126 valence electrons. The van der Waals surface area contributed by atoms with Gasteiger partial charge in [0.05, 0.1) is 11.3 Å². The highest BCUT2D eigenvalue weighted by Crippen LogP contribution is 2.30. The third-order valence-corrected chi connectivity index (χ3v) is 4.35. The summed E-state index contributed by atoms with van der Waals surface area (Å²) in [5.41, 5.74) is 0.546. The highest BCUT2D eigenvalue weighted by Gasteiger charge is 2.34. The molecule has 0 spiro atoms. The quantitative estimate of drug-likeness (QED) is 0.830. The van der Waals surface area contributed by atoms with Crippen LogP contribution in [0.1, 0.15) is 39.6 Å². The average Bonchev–Trinajstić information content (AvgIpc) is 3.04. The molecular weight excluding hydrogens is 317 g/mol. The molecule has 24 heavy (non-hydrogen) atoms. The molecule has 2 aromatic rings. The molecule has 0 aliphatic carbocycles. The SMILES string of the molecule is Cc1nc(C(F)(F)F)ccc1C(=O)N1CC[C@H](c2ccccc2)C1. The highest BCUT2D eigenvalue weighted by molar-refractivity contribution is 5.95. The van der Waals surface area contributed by atoms with Crippen molar-refractivity contribution < 1.29 is 18.0 Å². The van der Waals surface area contributed by atoms with E-state index in [0.29, 0.717) is 13.1 Å². The van der Waals surface area contributed by atoms with Gasteiger partial charge in [0, 0.05) is 19.0 Å². The lowest BCUT2D eigenvalue weighted by atomic mass is 9.99. The molecule has 6 heteroatoms. The van der Waals surface area contributed by atoms with Crippen molar-refractivity contribution in [1.82, 2.24) is 9.88 Å². The zero-order valence-electron chi connectivity index (χ0n) is 13.2. The van der Waals surface area contributed by atoms with Gasteiger partial charge in [0.2, 0.25) is 0 Å². The number of alkyl halides is 3. The standard InChI is InChI=1S/C18H17F3N2O/c1-12-15(7-8-16(22-12)18(19,20)21)17(24)23-10-9-14(11-23)13-5-3-2-4-6-13/h2-8,14H,9-11H2,1H3/t14-/m0/s1. The molecule has 0 radical (unpaired) electrons. The maximum atomic E-state index is 12.7. The van der Waals surface area contributed by atoms with E-state index in [2.05, 4.69) is 4.98 Å². The number of aryl methyl sites for hydroxylation is 1. The van der Waals surface area contributed by atoms with Gasteiger partial charge in [-0.25, -0.2) is 4.98 Å². The lowest BCUT2D eigenvalue weighted by molar-refractivity contribution is -0.141. The first kappa shape index (κ1) is 16.5. The summed E-state index contributed by atoms with van der Waals surface area (Å²) in [4.78, 5) is 17.8. The zero-order valence-corrected chi connectivity index (χ0v) is 13.2. The topological polar surface area (TPSA) is 33.2 Å². The summed E-state index contributed by atoms with van der Waals surface area (Å²) in [6.07, 6.45) is -3.65. The van der Waals surface area contributed by atoms with E-state index < -0.39 is 11.9 Å². The second kappa shape index (κ2) is 6.26. The van der Waals surface area contributed by atoms with E-state index in [9.17, 15) is 18.0 Å². The van der Waals surface area contributed by atoms with Gasteiger partial charge >= 0.3 is 6.18 Å². The molecule has 1 aromatic carbocycles. The fourth-order valence-corrected chi connectivity index (χ4v) is 3.06. The molecule has 0 N–H and O–H groups in total. The summed E-state index contributed by atoms with van der Waals surface area (Å²) in [6.45, 7) is 2.61. The first-order valence-electron chi connectivity index (χ1n) is 7.75. The van der Waals surface area contributed by atoms with Gasteiger partial charge in [-0.3, -0.25) is 4.79 Å². The molecule has 0 unspecified atom stereocenters. The molecule has 1 aliphatic heterocycles. The van der Waals surface area contributed by atoms with Crippen LogP contribution in [-0.2, 0) is 6.18 Å². The van der Waals surface area contributed by atoms with E-state index in [-0.39, 0.29) is 23.1 Å². The number of amides is 1. The van der Waals surface area contributed by atoms with Crippen LogP contribution in [0.25, 0.3) is 0 Å². The minimum Gasteiger partial charge on any atom is -0.338 e. The Bertz CT molecular complexity index is 744. The van der Waals surface area contributed by atoms with Crippen LogP contribution in [0.5, 0.6) is 0 Å². The maximum absolute atomic E-state index is 12.7. The second-order valence-corrected chi connectivity index (χ2v) is 5.97. The number of carbonyl (C=O) groups excluding carboxylic acids is 1. The number of aromatic nitrogens is 1. The van der Waals surface area contributed by atoms with E-state index in [1.807, 2.05) is 30.3 Å². The van der Waals surface area contributed by atoms with Crippen LogP contribution < -0.4 is 0 Å². The molecule has 2 heterocycles. The van der Waals surface area contributed by atoms with Crippen LogP contribution in [0.3, 0.4) is 0 Å². The van der Waals surface area contributed by atoms with Crippen LogP contribution in [0, 0.1) is 6.92 Å². The van der Waals surface area contributed by atoms with Crippen molar-refractivity contribution >= 4 is 5.91 Å². The number of halogens is 3. The van der Waals surface area contributed by atoms with Crippen molar-refractivity contribution in [3.63, 3.8) is 0 Å². The maximum Gasteiger partial charge on any atom is 0.433 e. The molecular formula is C18H17F3N2O. The van der Waals surface area contributed by atoms with Gasteiger partial charge in [-0.05, 0) is 31.0 Å². The Morgan fingerprint density at radius 1 is 1.17 bits per heavy atom. The number of carbonyl (C=O) groups is 1. The van der Waals surface area contributed by atoms with E-state index >= 15 is 0 Å². The van der Waals surface area contributed by atoms with Crippen LogP contribution in [0.15, 0.2) is 42.5 Å². The number of hydrogen-bond acceptors (Lipinski definition) is 2. The fraction of sp³-hybridized carbons (Fsp3) is 0.333. The van der Waals surface area contributed by atoms with Crippen LogP contribution >= 0.6 is 0 Å². The zero-order chi connectivity index (χ0) is 17.3. The molecule has 1 aromatic heterocycles. The third-order valence-electron chi connectivity index (χ3n) is 4.35. The highest BCUT2D eigenvalue weighted by atomic mass is 19.4. The van der Waals surface area contributed by atoms with Crippen LogP contribution in [0.2, 0.25) is 0 Å². The predicted molar refractivity (Wildman–Crippen MR) is 83.7 cm³/mol. The molecule has 1 fully saturated rings. The number of rotatable bonds is 2. The number of nitrogens with zero attached hydrogens (tertiary/aromatic N) is 2. The van der Waals surface area contributed by atoms with Crippen molar-refractivity contribution in [3.05, 3.63) is 65.0 Å². The van der Waals surface area contributed by atoms with Crippen LogP contribution in [-0.4, -0.2) is 28.9 Å². The Kier molecular flexibility index (Phi) is 4.30. The third kappa shape index (κ3) is 3.27. The summed E-state index contributed by atoms with van der Waals surface area (Å²) in [5, 5.41) is 0. The molecule has 1 saturated heterocycles. The van der Waals surface area contributed by atoms with E-state index in [1.54, 1.807) is 4.90 Å². The van der Waals surface area contributed by atoms with Gasteiger partial charge in [-0.1, -0.05) is 30.3 Å². The number of benzene rings is 1. The first-order valence-corrected chi connectivity index (χ1v) is 7.75. The number of hydrogen-bond donors (Lipinski definition) is 0.